The normalized spacial score (nSPS) is 12.7. The number of hydrogen-bond donors (Lipinski definition) is 0. The Labute approximate surface area is 138 Å². The summed E-state index contributed by atoms with van der Waals surface area (Å²) in [5.74, 6) is -0.905. The molecule has 0 heterocycles. The standard InChI is InChI=1S/C18H17F3OS/c1-2-22-17(18(19,20)21)16(13-14-9-5-3-6-10-14)23-15-11-7-4-8-12-15/h3-12H,2,13H2,1H3/b17-16+. The molecule has 1 nitrogen and oxygen atoms in total. The monoisotopic (exact) mass is 338 g/mol. The van der Waals surface area contributed by atoms with E-state index in [9.17, 15) is 13.2 Å². The molecule has 0 aliphatic heterocycles. The second-order valence-electron chi connectivity index (χ2n) is 4.76. The molecule has 0 unspecified atom stereocenters. The quantitative estimate of drug-likeness (QED) is 0.484. The summed E-state index contributed by atoms with van der Waals surface area (Å²) in [5.41, 5.74) is 0.812. The van der Waals surface area contributed by atoms with Crippen LogP contribution in [-0.4, -0.2) is 12.8 Å². The van der Waals surface area contributed by atoms with Crippen LogP contribution >= 0.6 is 11.8 Å². The number of rotatable bonds is 6. The van der Waals surface area contributed by atoms with Crippen LogP contribution in [0.4, 0.5) is 13.2 Å². The van der Waals surface area contributed by atoms with Crippen LogP contribution in [0.3, 0.4) is 0 Å². The van der Waals surface area contributed by atoms with E-state index >= 15 is 0 Å². The number of alkyl halides is 3. The molecule has 23 heavy (non-hydrogen) atoms. The predicted molar refractivity (Wildman–Crippen MR) is 87.2 cm³/mol. The molecule has 0 radical (unpaired) electrons. The maximum atomic E-state index is 13.4. The summed E-state index contributed by atoms with van der Waals surface area (Å²) >= 11 is 1.09. The van der Waals surface area contributed by atoms with Crippen LogP contribution in [0.1, 0.15) is 12.5 Å². The first-order valence-corrected chi connectivity index (χ1v) is 8.02. The Kier molecular flexibility index (Phi) is 6.16. The molecule has 2 aromatic carbocycles. The van der Waals surface area contributed by atoms with E-state index < -0.39 is 11.9 Å². The third-order valence-electron chi connectivity index (χ3n) is 2.99. The fraction of sp³-hybridized carbons (Fsp3) is 0.222. The zero-order valence-electron chi connectivity index (χ0n) is 12.6. The van der Waals surface area contributed by atoms with Gasteiger partial charge < -0.3 is 4.74 Å². The molecule has 0 aliphatic rings. The highest BCUT2D eigenvalue weighted by molar-refractivity contribution is 8.03. The van der Waals surface area contributed by atoms with Gasteiger partial charge in [-0.2, -0.15) is 13.2 Å². The molecule has 0 bridgehead atoms. The maximum absolute atomic E-state index is 13.4. The Morgan fingerprint density at radius 1 is 0.957 bits per heavy atom. The van der Waals surface area contributed by atoms with Crippen molar-refractivity contribution in [1.82, 2.24) is 0 Å². The lowest BCUT2D eigenvalue weighted by molar-refractivity contribution is -0.130. The van der Waals surface area contributed by atoms with Gasteiger partial charge in [0.25, 0.3) is 0 Å². The van der Waals surface area contributed by atoms with Crippen molar-refractivity contribution in [3.8, 4) is 0 Å². The van der Waals surface area contributed by atoms with Crippen LogP contribution < -0.4 is 0 Å². The molecule has 0 spiro atoms. The molecule has 2 rings (SSSR count). The third-order valence-corrected chi connectivity index (χ3v) is 4.08. The summed E-state index contributed by atoms with van der Waals surface area (Å²) in [6, 6.07) is 18.1. The minimum Gasteiger partial charge on any atom is -0.489 e. The van der Waals surface area contributed by atoms with Gasteiger partial charge in [-0.3, -0.25) is 0 Å². The molecule has 0 saturated carbocycles. The van der Waals surface area contributed by atoms with Crippen LogP contribution in [0.25, 0.3) is 0 Å². The smallest absolute Gasteiger partial charge is 0.449 e. The molecule has 0 aromatic heterocycles. The summed E-state index contributed by atoms with van der Waals surface area (Å²) in [6.45, 7) is 1.53. The molecule has 0 amide bonds. The van der Waals surface area contributed by atoms with E-state index in [1.165, 1.54) is 0 Å². The molecule has 0 atom stereocenters. The summed E-state index contributed by atoms with van der Waals surface area (Å²) in [7, 11) is 0. The number of benzene rings is 2. The van der Waals surface area contributed by atoms with Crippen molar-refractivity contribution in [2.45, 2.75) is 24.4 Å². The topological polar surface area (TPSA) is 9.23 Å². The summed E-state index contributed by atoms with van der Waals surface area (Å²) in [5, 5.41) is 0. The van der Waals surface area contributed by atoms with E-state index in [-0.39, 0.29) is 17.9 Å². The third kappa shape index (κ3) is 5.36. The van der Waals surface area contributed by atoms with Crippen LogP contribution in [0.2, 0.25) is 0 Å². The molecular weight excluding hydrogens is 321 g/mol. The number of allylic oxidation sites excluding steroid dienone is 2. The van der Waals surface area contributed by atoms with Gasteiger partial charge in [-0.15, -0.1) is 0 Å². The van der Waals surface area contributed by atoms with E-state index in [0.717, 1.165) is 22.2 Å². The fourth-order valence-electron chi connectivity index (χ4n) is 2.04. The molecule has 0 N–H and O–H groups in total. The Morgan fingerprint density at radius 3 is 2.04 bits per heavy atom. The van der Waals surface area contributed by atoms with Crippen molar-refractivity contribution in [1.29, 1.82) is 0 Å². The predicted octanol–water partition coefficient (Wildman–Crippen LogP) is 5.83. The largest absolute Gasteiger partial charge is 0.489 e. The molecule has 0 fully saturated rings. The lowest BCUT2D eigenvalue weighted by Crippen LogP contribution is -2.17. The van der Waals surface area contributed by atoms with Gasteiger partial charge in [0.2, 0.25) is 5.76 Å². The molecule has 5 heteroatoms. The highest BCUT2D eigenvalue weighted by Gasteiger charge is 2.38. The van der Waals surface area contributed by atoms with Gasteiger partial charge in [-0.1, -0.05) is 60.3 Å². The minimum absolute atomic E-state index is 0.0253. The van der Waals surface area contributed by atoms with Gasteiger partial charge in [0.15, 0.2) is 0 Å². The first-order valence-electron chi connectivity index (χ1n) is 7.20. The van der Waals surface area contributed by atoms with E-state index in [0.29, 0.717) is 0 Å². The summed E-state index contributed by atoms with van der Waals surface area (Å²) in [6.07, 6.45) is -4.34. The number of ether oxygens (including phenoxy) is 1. The van der Waals surface area contributed by atoms with Gasteiger partial charge in [0, 0.05) is 16.2 Å². The minimum atomic E-state index is -4.51. The van der Waals surface area contributed by atoms with Gasteiger partial charge in [-0.25, -0.2) is 0 Å². The van der Waals surface area contributed by atoms with E-state index in [2.05, 4.69) is 0 Å². The maximum Gasteiger partial charge on any atom is 0.449 e. The fourth-order valence-corrected chi connectivity index (χ4v) is 3.12. The van der Waals surface area contributed by atoms with E-state index in [1.807, 2.05) is 36.4 Å². The highest BCUT2D eigenvalue weighted by Crippen LogP contribution is 2.38. The van der Waals surface area contributed by atoms with Crippen molar-refractivity contribution < 1.29 is 17.9 Å². The number of halogens is 3. The Morgan fingerprint density at radius 2 is 1.52 bits per heavy atom. The Balaban J connectivity index is 2.40. The molecule has 2 aromatic rings. The molecule has 0 aliphatic carbocycles. The van der Waals surface area contributed by atoms with E-state index in [4.69, 9.17) is 4.74 Å². The number of hydrogen-bond acceptors (Lipinski definition) is 2. The first-order chi connectivity index (χ1) is 11.0. The van der Waals surface area contributed by atoms with Gasteiger partial charge in [0.1, 0.15) is 0 Å². The summed E-state index contributed by atoms with van der Waals surface area (Å²) in [4.78, 5) is 0.914. The summed E-state index contributed by atoms with van der Waals surface area (Å²) < 4.78 is 45.0. The lowest BCUT2D eigenvalue weighted by atomic mass is 10.1. The SMILES string of the molecule is CCO/C(=C(\Cc1ccccc1)Sc1ccccc1)C(F)(F)F. The average molecular weight is 338 g/mol. The van der Waals surface area contributed by atoms with Crippen molar-refractivity contribution >= 4 is 11.8 Å². The van der Waals surface area contributed by atoms with Crippen molar-refractivity contribution in [2.75, 3.05) is 6.61 Å². The van der Waals surface area contributed by atoms with Gasteiger partial charge in [0.05, 0.1) is 6.61 Å². The van der Waals surface area contributed by atoms with Crippen LogP contribution in [0, 0.1) is 0 Å². The van der Waals surface area contributed by atoms with Crippen molar-refractivity contribution in [3.05, 3.63) is 76.9 Å². The average Bonchev–Trinajstić information content (AvgIpc) is 2.53. The Hall–Kier alpha value is -1.88. The van der Waals surface area contributed by atoms with Crippen LogP contribution in [-0.2, 0) is 11.2 Å². The Bertz CT molecular complexity index is 593. The molecule has 122 valence electrons. The molecular formula is C18H17F3OS. The van der Waals surface area contributed by atoms with Crippen molar-refractivity contribution in [3.63, 3.8) is 0 Å². The van der Waals surface area contributed by atoms with E-state index in [1.54, 1.807) is 31.2 Å². The first kappa shape index (κ1) is 17.5. The zero-order valence-corrected chi connectivity index (χ0v) is 13.5. The highest BCUT2D eigenvalue weighted by atomic mass is 32.2. The van der Waals surface area contributed by atoms with Crippen LogP contribution in [0.15, 0.2) is 76.2 Å². The van der Waals surface area contributed by atoms with Crippen molar-refractivity contribution in [2.24, 2.45) is 0 Å². The van der Waals surface area contributed by atoms with Gasteiger partial charge >= 0.3 is 6.18 Å². The lowest BCUT2D eigenvalue weighted by Gasteiger charge is -2.18. The zero-order chi connectivity index (χ0) is 16.7. The number of thioether (sulfide) groups is 1. The molecule has 0 saturated heterocycles. The van der Waals surface area contributed by atoms with Gasteiger partial charge in [-0.05, 0) is 24.6 Å². The second kappa shape index (κ2) is 8.11. The van der Waals surface area contributed by atoms with Crippen LogP contribution in [0.5, 0.6) is 0 Å². The second-order valence-corrected chi connectivity index (χ2v) is 5.93.